The molecule has 6 heteroatoms. The van der Waals surface area contributed by atoms with Gasteiger partial charge in [-0.15, -0.1) is 6.58 Å². The summed E-state index contributed by atoms with van der Waals surface area (Å²) in [6.07, 6.45) is 8.49. The van der Waals surface area contributed by atoms with Gasteiger partial charge < -0.3 is 10.0 Å². The van der Waals surface area contributed by atoms with Crippen molar-refractivity contribution in [3.63, 3.8) is 0 Å². The van der Waals surface area contributed by atoms with Crippen molar-refractivity contribution in [2.45, 2.75) is 20.8 Å². The van der Waals surface area contributed by atoms with E-state index < -0.39 is 5.82 Å². The number of nitrogens with zero attached hydrogens (tertiary/aromatic N) is 2. The molecule has 0 heterocycles. The maximum absolute atomic E-state index is 14.1. The van der Waals surface area contributed by atoms with E-state index in [0.717, 1.165) is 10.1 Å². The number of rotatable bonds is 7. The molecule has 33 heavy (non-hydrogen) atoms. The van der Waals surface area contributed by atoms with Crippen molar-refractivity contribution in [2.24, 2.45) is 5.92 Å². The first-order chi connectivity index (χ1) is 15.6. The Morgan fingerprint density at radius 1 is 1.27 bits per heavy atom. The number of allylic oxidation sites excluding steroid dienone is 3. The number of phenolic OH excluding ortho intramolecular Hbond substituents is 1. The maximum Gasteiger partial charge on any atom is 0.389 e. The van der Waals surface area contributed by atoms with Crippen LogP contribution < -0.4 is 0 Å². The standard InChI is InChI=1S/C22H20ClFN2O2.C5H10/c1-16-5-4-6-17(11-16)21-13-20(24)12-18(22(21)28)7-8-19(23)14-26(15-27)10-9-25(2)3;1-4-5(2)3/h4-13,15H,1-3H3;4-5H,1H2,2-3H3/p+1/b8-7+,10-9-;. The van der Waals surface area contributed by atoms with Crippen LogP contribution in [0.4, 0.5) is 4.39 Å². The summed E-state index contributed by atoms with van der Waals surface area (Å²) >= 11 is 6.08. The smallest absolute Gasteiger partial charge is 0.389 e. The molecule has 0 radical (unpaired) electrons. The fourth-order valence-electron chi connectivity index (χ4n) is 2.41. The van der Waals surface area contributed by atoms with E-state index in [1.807, 2.05) is 45.3 Å². The highest BCUT2D eigenvalue weighted by molar-refractivity contribution is 6.35. The Bertz CT molecular complexity index is 1100. The minimum Gasteiger partial charge on any atom is -0.507 e. The third-order valence-electron chi connectivity index (χ3n) is 4.19. The summed E-state index contributed by atoms with van der Waals surface area (Å²) in [5.41, 5.74) is 2.35. The fraction of sp³-hybridized carbons (Fsp3) is 0.222. The third kappa shape index (κ3) is 10.2. The molecule has 0 aromatic heterocycles. The van der Waals surface area contributed by atoms with Gasteiger partial charge in [0.15, 0.2) is 0 Å². The van der Waals surface area contributed by atoms with Crippen molar-refractivity contribution in [2.75, 3.05) is 14.1 Å². The lowest BCUT2D eigenvalue weighted by molar-refractivity contribution is -0.356. The van der Waals surface area contributed by atoms with Crippen LogP contribution in [0.5, 0.6) is 5.75 Å². The van der Waals surface area contributed by atoms with E-state index in [1.54, 1.807) is 17.2 Å². The molecule has 0 aliphatic rings. The summed E-state index contributed by atoms with van der Waals surface area (Å²) in [6, 6.07) is 9.92. The summed E-state index contributed by atoms with van der Waals surface area (Å²) in [7, 11) is 3.62. The molecule has 174 valence electrons. The van der Waals surface area contributed by atoms with E-state index in [1.165, 1.54) is 30.5 Å². The number of benzene rings is 2. The lowest BCUT2D eigenvalue weighted by atomic mass is 9.99. The number of aryl methyl sites for hydroxylation is 1. The van der Waals surface area contributed by atoms with Gasteiger partial charge in [0.25, 0.3) is 0 Å². The van der Waals surface area contributed by atoms with Gasteiger partial charge in [-0.2, -0.15) is 0 Å². The van der Waals surface area contributed by atoms with Crippen LogP contribution in [0.15, 0.2) is 72.6 Å². The van der Waals surface area contributed by atoms with Crippen LogP contribution in [0.3, 0.4) is 0 Å². The molecule has 2 aromatic rings. The summed E-state index contributed by atoms with van der Waals surface area (Å²) in [4.78, 5) is 12.8. The number of carbonyl (C=O) groups is 1. The monoisotopic (exact) mass is 469 g/mol. The van der Waals surface area contributed by atoms with E-state index in [9.17, 15) is 14.3 Å². The van der Waals surface area contributed by atoms with Crippen LogP contribution in [0, 0.1) is 18.7 Å². The van der Waals surface area contributed by atoms with Crippen molar-refractivity contribution in [3.8, 4) is 16.9 Å². The maximum atomic E-state index is 14.1. The van der Waals surface area contributed by atoms with Crippen molar-refractivity contribution < 1.29 is 18.9 Å². The zero-order valence-corrected chi connectivity index (χ0v) is 20.5. The van der Waals surface area contributed by atoms with Gasteiger partial charge in [-0.05, 0) is 42.7 Å². The van der Waals surface area contributed by atoms with E-state index in [0.29, 0.717) is 23.5 Å². The molecular weight excluding hydrogens is 439 g/mol. The number of halogens is 2. The Morgan fingerprint density at radius 2 is 1.94 bits per heavy atom. The van der Waals surface area contributed by atoms with Crippen LogP contribution in [-0.2, 0) is 4.79 Å². The van der Waals surface area contributed by atoms with Gasteiger partial charge in [0, 0.05) is 25.2 Å². The zero-order valence-electron chi connectivity index (χ0n) is 19.7. The first-order valence-corrected chi connectivity index (χ1v) is 10.7. The Hall–Kier alpha value is -3.40. The second-order valence-electron chi connectivity index (χ2n) is 7.81. The van der Waals surface area contributed by atoms with Crippen LogP contribution in [0.1, 0.15) is 25.0 Å². The first kappa shape index (κ1) is 27.6. The minimum atomic E-state index is -0.485. The summed E-state index contributed by atoms with van der Waals surface area (Å²) in [5, 5.41) is 10.7. The molecule has 0 unspecified atom stereocenters. The van der Waals surface area contributed by atoms with Crippen LogP contribution in [-0.4, -0.2) is 41.0 Å². The highest BCUT2D eigenvalue weighted by atomic mass is 35.5. The summed E-state index contributed by atoms with van der Waals surface area (Å²) in [6.45, 7) is 9.69. The van der Waals surface area contributed by atoms with Crippen molar-refractivity contribution in [3.05, 3.63) is 89.5 Å². The molecular formula is C27H31ClFN2O2+. The lowest BCUT2D eigenvalue weighted by Crippen LogP contribution is -2.05. The average Bonchev–Trinajstić information content (AvgIpc) is 2.77. The minimum absolute atomic E-state index is 0.0625. The quantitative estimate of drug-likeness (QED) is 0.169. The van der Waals surface area contributed by atoms with Gasteiger partial charge in [-0.3, -0.25) is 0 Å². The average molecular weight is 470 g/mol. The molecule has 0 saturated heterocycles. The van der Waals surface area contributed by atoms with E-state index in [2.05, 4.69) is 26.3 Å². The lowest BCUT2D eigenvalue weighted by Gasteiger charge is -2.09. The second kappa shape index (κ2) is 13.9. The molecule has 0 bridgehead atoms. The van der Waals surface area contributed by atoms with Gasteiger partial charge in [0.2, 0.25) is 12.1 Å². The number of hydrogen-bond donors (Lipinski definition) is 1. The van der Waals surface area contributed by atoms with E-state index in [4.69, 9.17) is 11.6 Å². The molecule has 0 aliphatic carbocycles. The molecule has 1 amide bonds. The molecule has 2 aromatic carbocycles. The predicted octanol–water partition coefficient (Wildman–Crippen LogP) is 6.34. The van der Waals surface area contributed by atoms with Gasteiger partial charge in [0.05, 0.1) is 6.20 Å². The Morgan fingerprint density at radius 3 is 2.48 bits per heavy atom. The van der Waals surface area contributed by atoms with Gasteiger partial charge in [0.1, 0.15) is 16.6 Å². The van der Waals surface area contributed by atoms with Crippen LogP contribution >= 0.6 is 11.6 Å². The first-order valence-electron chi connectivity index (χ1n) is 10.3. The van der Waals surface area contributed by atoms with E-state index in [-0.39, 0.29) is 16.3 Å². The Kier molecular flexibility index (Phi) is 11.6. The topological polar surface area (TPSA) is 43.5 Å². The Balaban J connectivity index is 0.000000981. The zero-order chi connectivity index (χ0) is 25.0. The second-order valence-corrected chi connectivity index (χ2v) is 8.22. The summed E-state index contributed by atoms with van der Waals surface area (Å²) in [5.74, 6) is 2.75. The number of hydrogen-bond acceptors (Lipinski definition) is 3. The van der Waals surface area contributed by atoms with Crippen molar-refractivity contribution in [1.29, 1.82) is 0 Å². The number of phenols is 1. The van der Waals surface area contributed by atoms with Crippen LogP contribution in [0.25, 0.3) is 17.2 Å². The van der Waals surface area contributed by atoms with Gasteiger partial charge in [-0.1, -0.05) is 65.9 Å². The normalized spacial score (nSPS) is 10.5. The van der Waals surface area contributed by atoms with Crippen molar-refractivity contribution >= 4 is 30.0 Å². The highest BCUT2D eigenvalue weighted by Gasteiger charge is 2.11. The fourth-order valence-corrected chi connectivity index (χ4v) is 2.57. The predicted molar refractivity (Wildman–Crippen MR) is 136 cm³/mol. The number of amides is 1. The van der Waals surface area contributed by atoms with Gasteiger partial charge in [-0.25, -0.2) is 9.18 Å². The molecule has 4 nitrogen and oxygen atoms in total. The highest BCUT2D eigenvalue weighted by Crippen LogP contribution is 2.34. The van der Waals surface area contributed by atoms with Crippen molar-refractivity contribution in [1.82, 2.24) is 4.90 Å². The summed E-state index contributed by atoms with van der Waals surface area (Å²) < 4.78 is 15.2. The number of aromatic hydroxyl groups is 1. The molecule has 0 atom stereocenters. The van der Waals surface area contributed by atoms with Crippen LogP contribution in [0.2, 0.25) is 0 Å². The largest absolute Gasteiger partial charge is 0.507 e. The van der Waals surface area contributed by atoms with Gasteiger partial charge >= 0.3 is 6.41 Å². The third-order valence-corrected chi connectivity index (χ3v) is 4.40. The molecule has 0 saturated carbocycles. The number of carbonyl (C=O) groups excluding carboxylic acids is 1. The van der Waals surface area contributed by atoms with E-state index >= 15 is 0 Å². The molecule has 1 N–H and O–H groups in total. The Labute approximate surface area is 200 Å². The SMILES string of the molecule is C=CC(C)C.Cc1cccc(-c2cc(F)cc(/C=C/C(Cl)=C=[N+](C=O)/C=C\N(C)C)c2O)c1. The molecule has 2 rings (SSSR count). The molecule has 0 aliphatic heterocycles. The molecule has 0 fully saturated rings. The molecule has 0 spiro atoms.